The Morgan fingerprint density at radius 1 is 1.14 bits per heavy atom. The van der Waals surface area contributed by atoms with Crippen molar-refractivity contribution in [3.8, 4) is 0 Å². The lowest BCUT2D eigenvalue weighted by molar-refractivity contribution is 0.380. The van der Waals surface area contributed by atoms with Gasteiger partial charge in [-0.15, -0.1) is 0 Å². The standard InChI is InChI=1S/C14H28/c1-5-8-9-11-14(7-3)12-13(4)10-6-2/h6,10,13-14H,5,7-9,11-12H2,1-4H3. The summed E-state index contributed by atoms with van der Waals surface area (Å²) < 4.78 is 0. The molecule has 0 amide bonds. The zero-order valence-electron chi connectivity index (χ0n) is 10.6. The predicted octanol–water partition coefficient (Wildman–Crippen LogP) is 5.20. The van der Waals surface area contributed by atoms with Crippen LogP contribution in [0.25, 0.3) is 0 Å². The maximum Gasteiger partial charge on any atom is -0.0259 e. The molecule has 2 unspecified atom stereocenters. The SMILES string of the molecule is CC=CC(C)CC(CC)CCCCC. The fraction of sp³-hybridized carbons (Fsp3) is 0.857. The van der Waals surface area contributed by atoms with Crippen LogP contribution < -0.4 is 0 Å². The first-order chi connectivity index (χ1) is 6.74. The lowest BCUT2D eigenvalue weighted by Crippen LogP contribution is -2.04. The second-order valence-electron chi connectivity index (χ2n) is 4.51. The van der Waals surface area contributed by atoms with E-state index < -0.39 is 0 Å². The van der Waals surface area contributed by atoms with Gasteiger partial charge >= 0.3 is 0 Å². The lowest BCUT2D eigenvalue weighted by atomic mass is 9.89. The van der Waals surface area contributed by atoms with Gasteiger partial charge in [-0.25, -0.2) is 0 Å². The minimum Gasteiger partial charge on any atom is -0.0914 e. The summed E-state index contributed by atoms with van der Waals surface area (Å²) in [4.78, 5) is 0. The molecule has 0 aliphatic rings. The number of allylic oxidation sites excluding steroid dienone is 2. The van der Waals surface area contributed by atoms with Crippen molar-refractivity contribution in [1.29, 1.82) is 0 Å². The molecule has 0 radical (unpaired) electrons. The average molecular weight is 196 g/mol. The van der Waals surface area contributed by atoms with Gasteiger partial charge in [-0.3, -0.25) is 0 Å². The summed E-state index contributed by atoms with van der Waals surface area (Å²) in [5.41, 5.74) is 0. The molecule has 0 bridgehead atoms. The molecule has 0 aromatic heterocycles. The largest absolute Gasteiger partial charge is 0.0914 e. The van der Waals surface area contributed by atoms with Crippen molar-refractivity contribution in [1.82, 2.24) is 0 Å². The molecule has 84 valence electrons. The molecule has 0 saturated heterocycles. The van der Waals surface area contributed by atoms with Crippen molar-refractivity contribution in [2.45, 2.75) is 66.2 Å². The average Bonchev–Trinajstić information content (AvgIpc) is 2.17. The molecule has 0 nitrogen and oxygen atoms in total. The summed E-state index contributed by atoms with van der Waals surface area (Å²) >= 11 is 0. The third kappa shape index (κ3) is 7.17. The van der Waals surface area contributed by atoms with Crippen molar-refractivity contribution in [3.63, 3.8) is 0 Å². The topological polar surface area (TPSA) is 0 Å². The number of hydrogen-bond donors (Lipinski definition) is 0. The highest BCUT2D eigenvalue weighted by atomic mass is 14.1. The Kier molecular flexibility index (Phi) is 9.13. The van der Waals surface area contributed by atoms with Gasteiger partial charge in [0.2, 0.25) is 0 Å². The number of unbranched alkanes of at least 4 members (excludes halogenated alkanes) is 2. The van der Waals surface area contributed by atoms with Gasteiger partial charge in [-0.1, -0.05) is 65.0 Å². The summed E-state index contributed by atoms with van der Waals surface area (Å²) in [6, 6.07) is 0. The van der Waals surface area contributed by atoms with Gasteiger partial charge < -0.3 is 0 Å². The van der Waals surface area contributed by atoms with Gasteiger partial charge in [0.15, 0.2) is 0 Å². The lowest BCUT2D eigenvalue weighted by Gasteiger charge is -2.17. The van der Waals surface area contributed by atoms with E-state index in [9.17, 15) is 0 Å². The first-order valence-electron chi connectivity index (χ1n) is 6.37. The molecule has 0 heteroatoms. The fourth-order valence-electron chi connectivity index (χ4n) is 2.10. The summed E-state index contributed by atoms with van der Waals surface area (Å²) in [5, 5.41) is 0. The summed E-state index contributed by atoms with van der Waals surface area (Å²) in [6.07, 6.45) is 12.9. The van der Waals surface area contributed by atoms with Gasteiger partial charge in [0.05, 0.1) is 0 Å². The highest BCUT2D eigenvalue weighted by Crippen LogP contribution is 2.22. The third-order valence-corrected chi connectivity index (χ3v) is 3.02. The molecule has 0 heterocycles. The van der Waals surface area contributed by atoms with E-state index in [1.807, 2.05) is 0 Å². The molecule has 0 rings (SSSR count). The molecule has 0 aromatic rings. The summed E-state index contributed by atoms with van der Waals surface area (Å²) in [5.74, 6) is 1.72. The van der Waals surface area contributed by atoms with E-state index in [0.717, 1.165) is 11.8 Å². The molecule has 0 spiro atoms. The quantitative estimate of drug-likeness (QED) is 0.370. The van der Waals surface area contributed by atoms with E-state index >= 15 is 0 Å². The van der Waals surface area contributed by atoms with Crippen LogP contribution in [0, 0.1) is 11.8 Å². The maximum atomic E-state index is 2.34. The van der Waals surface area contributed by atoms with Crippen LogP contribution in [-0.4, -0.2) is 0 Å². The van der Waals surface area contributed by atoms with E-state index in [-0.39, 0.29) is 0 Å². The molecular weight excluding hydrogens is 168 g/mol. The summed E-state index contributed by atoms with van der Waals surface area (Å²) in [7, 11) is 0. The second-order valence-corrected chi connectivity index (χ2v) is 4.51. The molecule has 0 aromatic carbocycles. The highest BCUT2D eigenvalue weighted by molar-refractivity contribution is 4.84. The first kappa shape index (κ1) is 13.7. The van der Waals surface area contributed by atoms with Crippen LogP contribution in [-0.2, 0) is 0 Å². The van der Waals surface area contributed by atoms with Crippen LogP contribution in [0.2, 0.25) is 0 Å². The van der Waals surface area contributed by atoms with Gasteiger partial charge in [0, 0.05) is 0 Å². The van der Waals surface area contributed by atoms with E-state index in [1.54, 1.807) is 0 Å². The number of hydrogen-bond acceptors (Lipinski definition) is 0. The zero-order valence-corrected chi connectivity index (χ0v) is 10.6. The van der Waals surface area contributed by atoms with E-state index in [4.69, 9.17) is 0 Å². The van der Waals surface area contributed by atoms with Crippen LogP contribution in [0.3, 0.4) is 0 Å². The molecule has 0 N–H and O–H groups in total. The third-order valence-electron chi connectivity index (χ3n) is 3.02. The predicted molar refractivity (Wildman–Crippen MR) is 66.5 cm³/mol. The van der Waals surface area contributed by atoms with Crippen LogP contribution in [0.4, 0.5) is 0 Å². The fourth-order valence-corrected chi connectivity index (χ4v) is 2.10. The summed E-state index contributed by atoms with van der Waals surface area (Å²) in [6.45, 7) is 9.07. The van der Waals surface area contributed by atoms with Gasteiger partial charge in [-0.2, -0.15) is 0 Å². The molecule has 2 atom stereocenters. The number of rotatable bonds is 8. The van der Waals surface area contributed by atoms with Gasteiger partial charge in [0.1, 0.15) is 0 Å². The molecule has 0 fully saturated rings. The van der Waals surface area contributed by atoms with Crippen molar-refractivity contribution < 1.29 is 0 Å². The van der Waals surface area contributed by atoms with Crippen LogP contribution in [0.1, 0.15) is 66.2 Å². The monoisotopic (exact) mass is 196 g/mol. The Hall–Kier alpha value is -0.260. The minimum atomic E-state index is 0.770. The molecule has 14 heavy (non-hydrogen) atoms. The van der Waals surface area contributed by atoms with Gasteiger partial charge in [0.25, 0.3) is 0 Å². The Balaban J connectivity index is 3.66. The van der Waals surface area contributed by atoms with Crippen molar-refractivity contribution in [3.05, 3.63) is 12.2 Å². The van der Waals surface area contributed by atoms with Crippen molar-refractivity contribution in [2.24, 2.45) is 11.8 Å². The molecule has 0 aliphatic carbocycles. The van der Waals surface area contributed by atoms with Crippen molar-refractivity contribution in [2.75, 3.05) is 0 Å². The van der Waals surface area contributed by atoms with Gasteiger partial charge in [-0.05, 0) is 25.2 Å². The zero-order chi connectivity index (χ0) is 10.8. The molecule has 0 aliphatic heterocycles. The Morgan fingerprint density at radius 2 is 1.86 bits per heavy atom. The van der Waals surface area contributed by atoms with Crippen LogP contribution >= 0.6 is 0 Å². The van der Waals surface area contributed by atoms with E-state index in [0.29, 0.717) is 0 Å². The normalized spacial score (nSPS) is 16.0. The molecular formula is C14H28. The van der Waals surface area contributed by atoms with E-state index in [2.05, 4.69) is 39.8 Å². The first-order valence-corrected chi connectivity index (χ1v) is 6.37. The second kappa shape index (κ2) is 9.30. The Labute approximate surface area is 90.8 Å². The Bertz CT molecular complexity index is 135. The smallest absolute Gasteiger partial charge is 0.0259 e. The Morgan fingerprint density at radius 3 is 2.36 bits per heavy atom. The maximum absolute atomic E-state index is 2.34. The van der Waals surface area contributed by atoms with E-state index in [1.165, 1.54) is 38.5 Å². The van der Waals surface area contributed by atoms with Crippen LogP contribution in [0.15, 0.2) is 12.2 Å². The molecule has 0 saturated carbocycles. The van der Waals surface area contributed by atoms with Crippen LogP contribution in [0.5, 0.6) is 0 Å². The minimum absolute atomic E-state index is 0.770. The highest BCUT2D eigenvalue weighted by Gasteiger charge is 2.08. The van der Waals surface area contributed by atoms with Crippen molar-refractivity contribution >= 4 is 0 Å².